The largest absolute Gasteiger partial charge is 0.507 e. The van der Waals surface area contributed by atoms with E-state index in [1.165, 1.54) is 0 Å². The van der Waals surface area contributed by atoms with Crippen molar-refractivity contribution in [1.82, 2.24) is 15.2 Å². The number of hydrogen-bond donors (Lipinski definition) is 2. The summed E-state index contributed by atoms with van der Waals surface area (Å²) in [6.45, 7) is 1.99. The van der Waals surface area contributed by atoms with Gasteiger partial charge in [0, 0.05) is 23.5 Å². The topological polar surface area (TPSA) is 61.8 Å². The van der Waals surface area contributed by atoms with Crippen LogP contribution in [0.2, 0.25) is 0 Å². The van der Waals surface area contributed by atoms with Crippen LogP contribution in [0.4, 0.5) is 0 Å². The van der Waals surface area contributed by atoms with Crippen molar-refractivity contribution in [3.63, 3.8) is 0 Å². The first kappa shape index (κ1) is 11.5. The Morgan fingerprint density at radius 3 is 2.84 bits per heavy atom. The van der Waals surface area contributed by atoms with E-state index in [-0.39, 0.29) is 5.75 Å². The number of aromatic hydroxyl groups is 1. The summed E-state index contributed by atoms with van der Waals surface area (Å²) < 4.78 is 0. The van der Waals surface area contributed by atoms with E-state index >= 15 is 0 Å². The van der Waals surface area contributed by atoms with Crippen molar-refractivity contribution in [3.05, 3.63) is 54.4 Å². The monoisotopic (exact) mass is 251 g/mol. The first-order chi connectivity index (χ1) is 9.24. The predicted molar refractivity (Wildman–Crippen MR) is 73.7 cm³/mol. The molecule has 94 valence electrons. The second-order valence-corrected chi connectivity index (χ2v) is 4.43. The molecule has 0 radical (unpaired) electrons. The molecule has 0 saturated carbocycles. The summed E-state index contributed by atoms with van der Waals surface area (Å²) >= 11 is 0. The van der Waals surface area contributed by atoms with E-state index in [1.54, 1.807) is 18.5 Å². The zero-order chi connectivity index (χ0) is 13.2. The maximum absolute atomic E-state index is 9.91. The van der Waals surface area contributed by atoms with Gasteiger partial charge in [0.25, 0.3) is 0 Å². The molecular formula is C15H13N3O. The molecule has 4 nitrogen and oxygen atoms in total. The Morgan fingerprint density at radius 2 is 2.05 bits per heavy atom. The Morgan fingerprint density at radius 1 is 1.16 bits per heavy atom. The van der Waals surface area contributed by atoms with Crippen LogP contribution >= 0.6 is 0 Å². The molecule has 0 aliphatic heterocycles. The predicted octanol–water partition coefficient (Wildman–Crippen LogP) is 3.15. The highest BCUT2D eigenvalue weighted by Crippen LogP contribution is 2.30. The van der Waals surface area contributed by atoms with Crippen LogP contribution in [0.25, 0.3) is 22.5 Å². The number of H-pyrrole nitrogens is 1. The number of pyridine rings is 1. The van der Waals surface area contributed by atoms with Crippen LogP contribution in [0.1, 0.15) is 5.56 Å². The lowest BCUT2D eigenvalue weighted by molar-refractivity contribution is 0.477. The van der Waals surface area contributed by atoms with E-state index in [1.807, 2.05) is 37.3 Å². The van der Waals surface area contributed by atoms with Crippen LogP contribution in [0, 0.1) is 6.92 Å². The van der Waals surface area contributed by atoms with Crippen LogP contribution in [-0.2, 0) is 0 Å². The summed E-state index contributed by atoms with van der Waals surface area (Å²) in [5.41, 5.74) is 4.38. The van der Waals surface area contributed by atoms with Crippen LogP contribution < -0.4 is 0 Å². The van der Waals surface area contributed by atoms with Crippen molar-refractivity contribution in [1.29, 1.82) is 0 Å². The van der Waals surface area contributed by atoms with Crippen molar-refractivity contribution < 1.29 is 5.11 Å². The summed E-state index contributed by atoms with van der Waals surface area (Å²) in [4.78, 5) is 4.07. The number of aromatic nitrogens is 3. The van der Waals surface area contributed by atoms with Gasteiger partial charge in [-0.05, 0) is 37.3 Å². The van der Waals surface area contributed by atoms with Crippen LogP contribution in [0.3, 0.4) is 0 Å². The van der Waals surface area contributed by atoms with Gasteiger partial charge < -0.3 is 5.11 Å². The first-order valence-corrected chi connectivity index (χ1v) is 6.00. The second-order valence-electron chi connectivity index (χ2n) is 4.43. The number of benzene rings is 1. The Bertz CT molecular complexity index is 704. The Hall–Kier alpha value is -2.62. The fourth-order valence-corrected chi connectivity index (χ4v) is 1.99. The number of aromatic amines is 1. The molecule has 3 rings (SSSR count). The lowest BCUT2D eigenvalue weighted by Gasteiger charge is -2.02. The summed E-state index contributed by atoms with van der Waals surface area (Å²) in [5.74, 6) is 0.243. The molecule has 2 heterocycles. The molecule has 0 aliphatic carbocycles. The SMILES string of the molecule is Cc1ccc(O)c(-c2cc(-c3cccnc3)n[nH]2)c1. The molecule has 0 atom stereocenters. The molecule has 0 bridgehead atoms. The summed E-state index contributed by atoms with van der Waals surface area (Å²) in [6, 6.07) is 11.2. The van der Waals surface area contributed by atoms with Crippen molar-refractivity contribution in [3.8, 4) is 28.3 Å². The maximum Gasteiger partial charge on any atom is 0.124 e. The third kappa shape index (κ3) is 2.20. The zero-order valence-electron chi connectivity index (χ0n) is 10.5. The molecule has 0 amide bonds. The van der Waals surface area contributed by atoms with Gasteiger partial charge in [0.15, 0.2) is 0 Å². The summed E-state index contributed by atoms with van der Waals surface area (Å²) in [7, 11) is 0. The lowest BCUT2D eigenvalue weighted by atomic mass is 10.1. The van der Waals surface area contributed by atoms with Crippen LogP contribution in [0.5, 0.6) is 5.75 Å². The molecule has 0 aliphatic rings. The second kappa shape index (κ2) is 4.57. The third-order valence-corrected chi connectivity index (χ3v) is 2.98. The zero-order valence-corrected chi connectivity index (χ0v) is 10.5. The number of phenols is 1. The van der Waals surface area contributed by atoms with E-state index in [0.717, 1.165) is 28.1 Å². The highest BCUT2D eigenvalue weighted by atomic mass is 16.3. The Kier molecular flexibility index (Phi) is 2.76. The number of phenolic OH excluding ortho intramolecular Hbond substituents is 1. The summed E-state index contributed by atoms with van der Waals surface area (Å²) in [5, 5.41) is 17.1. The highest BCUT2D eigenvalue weighted by Gasteiger charge is 2.09. The van der Waals surface area contributed by atoms with Gasteiger partial charge in [-0.1, -0.05) is 11.6 Å². The quantitative estimate of drug-likeness (QED) is 0.735. The number of nitrogens with one attached hydrogen (secondary N) is 1. The van der Waals surface area contributed by atoms with Crippen molar-refractivity contribution in [2.24, 2.45) is 0 Å². The fraction of sp³-hybridized carbons (Fsp3) is 0.0667. The lowest BCUT2D eigenvalue weighted by Crippen LogP contribution is -1.81. The van der Waals surface area contributed by atoms with E-state index in [4.69, 9.17) is 0 Å². The molecule has 2 N–H and O–H groups in total. The van der Waals surface area contributed by atoms with E-state index in [9.17, 15) is 5.11 Å². The van der Waals surface area contributed by atoms with Gasteiger partial charge in [0.05, 0.1) is 11.4 Å². The van der Waals surface area contributed by atoms with E-state index in [0.29, 0.717) is 0 Å². The highest BCUT2D eigenvalue weighted by molar-refractivity contribution is 5.72. The van der Waals surface area contributed by atoms with Gasteiger partial charge in [0.1, 0.15) is 5.75 Å². The molecule has 0 spiro atoms. The summed E-state index contributed by atoms with van der Waals surface area (Å²) in [6.07, 6.45) is 3.49. The van der Waals surface area contributed by atoms with Crippen molar-refractivity contribution >= 4 is 0 Å². The van der Waals surface area contributed by atoms with Gasteiger partial charge in [-0.2, -0.15) is 5.10 Å². The number of aryl methyl sites for hydroxylation is 1. The number of nitrogens with zero attached hydrogens (tertiary/aromatic N) is 2. The molecule has 3 aromatic rings. The maximum atomic E-state index is 9.91. The fourth-order valence-electron chi connectivity index (χ4n) is 1.99. The van der Waals surface area contributed by atoms with Crippen molar-refractivity contribution in [2.75, 3.05) is 0 Å². The minimum atomic E-state index is 0.243. The van der Waals surface area contributed by atoms with Crippen molar-refractivity contribution in [2.45, 2.75) is 6.92 Å². The molecule has 0 saturated heterocycles. The standard InChI is InChI=1S/C15H13N3O/c1-10-4-5-15(19)12(7-10)14-8-13(17-18-14)11-3-2-6-16-9-11/h2-9,19H,1H3,(H,17,18). The Labute approximate surface area is 110 Å². The number of rotatable bonds is 2. The molecule has 0 unspecified atom stereocenters. The average molecular weight is 251 g/mol. The van der Waals surface area contributed by atoms with Gasteiger partial charge >= 0.3 is 0 Å². The molecule has 1 aromatic carbocycles. The minimum Gasteiger partial charge on any atom is -0.507 e. The van der Waals surface area contributed by atoms with Gasteiger partial charge in [-0.15, -0.1) is 0 Å². The molecule has 4 heteroatoms. The molecule has 19 heavy (non-hydrogen) atoms. The normalized spacial score (nSPS) is 10.6. The number of hydrogen-bond acceptors (Lipinski definition) is 3. The molecular weight excluding hydrogens is 238 g/mol. The minimum absolute atomic E-state index is 0.243. The smallest absolute Gasteiger partial charge is 0.124 e. The Balaban J connectivity index is 2.04. The molecule has 0 fully saturated rings. The average Bonchev–Trinajstić information content (AvgIpc) is 2.92. The first-order valence-electron chi connectivity index (χ1n) is 6.00. The molecule has 2 aromatic heterocycles. The van der Waals surface area contributed by atoms with Crippen LogP contribution in [0.15, 0.2) is 48.8 Å². The van der Waals surface area contributed by atoms with Crippen LogP contribution in [-0.4, -0.2) is 20.3 Å². The van der Waals surface area contributed by atoms with Gasteiger partial charge in [-0.3, -0.25) is 10.1 Å². The third-order valence-electron chi connectivity index (χ3n) is 2.98. The van der Waals surface area contributed by atoms with E-state index < -0.39 is 0 Å². The van der Waals surface area contributed by atoms with E-state index in [2.05, 4.69) is 15.2 Å². The van der Waals surface area contributed by atoms with Gasteiger partial charge in [0.2, 0.25) is 0 Å². The van der Waals surface area contributed by atoms with Gasteiger partial charge in [-0.25, -0.2) is 0 Å².